The lowest BCUT2D eigenvalue weighted by Gasteiger charge is -2.39. The summed E-state index contributed by atoms with van der Waals surface area (Å²) >= 11 is 0. The van der Waals surface area contributed by atoms with Crippen LogP contribution >= 0.6 is 7.82 Å². The largest absolute Gasteiger partial charge is 0.489 e. The number of benzene rings is 1. The highest BCUT2D eigenvalue weighted by atomic mass is 31.2. The van der Waals surface area contributed by atoms with Gasteiger partial charge in [0.15, 0.2) is 11.6 Å². The van der Waals surface area contributed by atoms with Crippen LogP contribution in [0.5, 0.6) is 11.5 Å². The molecule has 61 heavy (non-hydrogen) atoms. The maximum atomic E-state index is 13.6. The molecule has 6 atom stereocenters. The molecule has 1 aromatic carbocycles. The summed E-state index contributed by atoms with van der Waals surface area (Å²) in [7, 11) is -4.61. The number of hydrogen-bond donors (Lipinski definition) is 2. The molecule has 0 bridgehead atoms. The maximum absolute atomic E-state index is 13.6. The molecule has 1 aromatic rings. The van der Waals surface area contributed by atoms with E-state index in [-0.39, 0.29) is 32.0 Å². The Bertz CT molecular complexity index is 1730. The van der Waals surface area contributed by atoms with Gasteiger partial charge in [-0.05, 0) is 66.0 Å². The molecular weight excluding hydrogens is 798 g/mol. The molecule has 0 aliphatic carbocycles. The minimum Gasteiger partial charge on any atom is -0.489 e. The molecule has 0 saturated carbocycles. The van der Waals surface area contributed by atoms with Crippen molar-refractivity contribution in [3.05, 3.63) is 35.5 Å². The zero-order valence-corrected chi connectivity index (χ0v) is 38.7. The molecule has 3 N–H and O–H groups in total. The molecule has 0 spiro atoms. The van der Waals surface area contributed by atoms with E-state index < -0.39 is 37.0 Å². The molecule has 15 heteroatoms. The highest BCUT2D eigenvalue weighted by Gasteiger charge is 2.70. The summed E-state index contributed by atoms with van der Waals surface area (Å²) < 4.78 is 56.5. The van der Waals surface area contributed by atoms with E-state index in [4.69, 9.17) is 38.5 Å². The highest BCUT2D eigenvalue weighted by Crippen LogP contribution is 2.54. The van der Waals surface area contributed by atoms with Crippen LogP contribution in [0.2, 0.25) is 0 Å². The lowest BCUT2D eigenvalue weighted by molar-refractivity contribution is -0.211. The van der Waals surface area contributed by atoms with Crippen molar-refractivity contribution in [3.63, 3.8) is 0 Å². The van der Waals surface area contributed by atoms with Gasteiger partial charge < -0.3 is 34.3 Å². The van der Waals surface area contributed by atoms with Crippen LogP contribution in [0.15, 0.2) is 40.1 Å². The van der Waals surface area contributed by atoms with E-state index in [1.165, 1.54) is 96.2 Å². The lowest BCUT2D eigenvalue weighted by atomic mass is 9.82. The van der Waals surface area contributed by atoms with Gasteiger partial charge in [0.05, 0.1) is 43.2 Å². The molecule has 4 heterocycles. The zero-order chi connectivity index (χ0) is 43.9. The summed E-state index contributed by atoms with van der Waals surface area (Å²) in [5, 5.41) is 15.9. The second-order valence-corrected chi connectivity index (χ2v) is 19.6. The number of nitrogens with two attached hydrogens (primary N) is 1. The Labute approximate surface area is 365 Å². The summed E-state index contributed by atoms with van der Waals surface area (Å²) in [6.07, 6.45) is 24.8. The Kier molecular flexibility index (Phi) is 18.5. The monoisotopic (exact) mass is 872 g/mol. The van der Waals surface area contributed by atoms with Crippen LogP contribution < -0.4 is 15.2 Å². The third-order valence-electron chi connectivity index (χ3n) is 12.0. The van der Waals surface area contributed by atoms with Crippen molar-refractivity contribution in [2.75, 3.05) is 19.8 Å². The fourth-order valence-corrected chi connectivity index (χ4v) is 9.80. The zero-order valence-electron chi connectivity index (χ0n) is 37.8. The van der Waals surface area contributed by atoms with E-state index >= 15 is 0 Å². The first-order valence-corrected chi connectivity index (χ1v) is 24.6. The van der Waals surface area contributed by atoms with Crippen LogP contribution in [-0.2, 0) is 27.8 Å². The van der Waals surface area contributed by atoms with Crippen molar-refractivity contribution < 1.29 is 42.2 Å². The van der Waals surface area contributed by atoms with Crippen LogP contribution in [0.4, 0.5) is 0 Å². The third kappa shape index (κ3) is 14.0. The van der Waals surface area contributed by atoms with Gasteiger partial charge in [-0.25, -0.2) is 9.56 Å². The standard InChI is InChI=1S/C46H74N5O9P/c1-7-8-9-10-11-12-13-14-15-16-17-18-19-20-21-22-23-24-38(58-37-26-25-36(30-47)40(29-37)57-35(2)3)31-55-61(52,53)56-32-45(6)43-46(33-54-45,60-44(4,5)59-43)41-28-27-39-42(48)49-34-50-51(39)41/h25-27,29,34-35,38,41,43H,7-24,28,31-33H2,1-6H3,(H,52,53)(H2,48,49,50)/t38-,41?,43-,45-,46+/m1/s1. The molecule has 4 aliphatic rings. The average molecular weight is 872 g/mol. The molecule has 0 amide bonds. The SMILES string of the molecule is CCCCCCCCCCCCCCCCCCC[C@H](COP(=O)(O)OC[C@@]1(C)OC[C@@]2(C3CC=C4C(N)=NC=NN43)OC(C)(C)O[C@H]12)Oc1ccc(C#N)c(OC(C)C)c1. The number of rotatable bonds is 29. The van der Waals surface area contributed by atoms with Crippen LogP contribution in [0.3, 0.4) is 0 Å². The normalized spacial score (nSPS) is 25.5. The average Bonchev–Trinajstić information content (AvgIpc) is 3.87. The van der Waals surface area contributed by atoms with E-state index in [2.05, 4.69) is 23.1 Å². The number of nitrogens with zero attached hydrogens (tertiary/aromatic N) is 4. The molecule has 4 aliphatic heterocycles. The van der Waals surface area contributed by atoms with E-state index in [1.807, 2.05) is 33.8 Å². The van der Waals surface area contributed by atoms with Gasteiger partial charge >= 0.3 is 7.82 Å². The highest BCUT2D eigenvalue weighted by molar-refractivity contribution is 7.47. The smallest absolute Gasteiger partial charge is 0.472 e. The van der Waals surface area contributed by atoms with E-state index in [1.54, 1.807) is 30.1 Å². The van der Waals surface area contributed by atoms with E-state index in [0.29, 0.717) is 41.4 Å². The number of aliphatic imine (C=N–C) groups is 1. The van der Waals surface area contributed by atoms with Gasteiger partial charge in [0.25, 0.3) is 0 Å². The molecular formula is C46H74N5O9P. The summed E-state index contributed by atoms with van der Waals surface area (Å²) in [6.45, 7) is 11.1. The van der Waals surface area contributed by atoms with Gasteiger partial charge in [-0.1, -0.05) is 116 Å². The molecule has 14 nitrogen and oxygen atoms in total. The summed E-state index contributed by atoms with van der Waals surface area (Å²) in [4.78, 5) is 15.2. The first-order chi connectivity index (χ1) is 29.2. The molecule has 0 radical (unpaired) electrons. The van der Waals surface area contributed by atoms with Gasteiger partial charge in [0, 0.05) is 6.07 Å². The number of hydrogen-bond acceptors (Lipinski definition) is 13. The maximum Gasteiger partial charge on any atom is 0.472 e. The number of ether oxygens (including phenoxy) is 5. The van der Waals surface area contributed by atoms with E-state index in [0.717, 1.165) is 19.3 Å². The van der Waals surface area contributed by atoms with Crippen molar-refractivity contribution in [3.8, 4) is 17.6 Å². The molecule has 2 unspecified atom stereocenters. The van der Waals surface area contributed by atoms with Gasteiger partial charge in [0.2, 0.25) is 0 Å². The molecule has 2 saturated heterocycles. The van der Waals surface area contributed by atoms with Crippen molar-refractivity contribution in [2.24, 2.45) is 15.8 Å². The van der Waals surface area contributed by atoms with Crippen molar-refractivity contribution >= 4 is 20.0 Å². The fourth-order valence-electron chi connectivity index (χ4n) is 8.95. The minimum atomic E-state index is -4.61. The fraction of sp³-hybridized carbons (Fsp3) is 0.761. The van der Waals surface area contributed by atoms with Crippen LogP contribution in [-0.4, -0.2) is 83.2 Å². The van der Waals surface area contributed by atoms with Crippen LogP contribution in [0.1, 0.15) is 169 Å². The summed E-state index contributed by atoms with van der Waals surface area (Å²) in [5.41, 5.74) is 5.10. The van der Waals surface area contributed by atoms with Crippen molar-refractivity contribution in [1.82, 2.24) is 5.01 Å². The number of phosphoric ester groups is 1. The predicted octanol–water partition coefficient (Wildman–Crippen LogP) is 10.2. The van der Waals surface area contributed by atoms with Gasteiger partial charge in [0.1, 0.15) is 47.3 Å². The number of unbranched alkanes of at least 4 members (excludes halogenated alkanes) is 16. The minimum absolute atomic E-state index is 0.134. The lowest BCUT2D eigenvalue weighted by Crippen LogP contribution is -2.58. The number of phosphoric acid groups is 1. The second kappa shape index (κ2) is 23.1. The van der Waals surface area contributed by atoms with Gasteiger partial charge in [-0.2, -0.15) is 10.4 Å². The predicted molar refractivity (Wildman–Crippen MR) is 237 cm³/mol. The van der Waals surface area contributed by atoms with E-state index in [9.17, 15) is 14.7 Å². The topological polar surface area (TPSA) is 180 Å². The van der Waals surface area contributed by atoms with Gasteiger partial charge in [-0.3, -0.25) is 14.1 Å². The Hall–Kier alpha value is -3.02. The Morgan fingerprint density at radius 1 is 0.951 bits per heavy atom. The molecule has 5 rings (SSSR count). The molecule has 2 fully saturated rings. The third-order valence-corrected chi connectivity index (χ3v) is 13.0. The number of amidine groups is 1. The van der Waals surface area contributed by atoms with Crippen molar-refractivity contribution in [2.45, 2.75) is 205 Å². The van der Waals surface area contributed by atoms with Gasteiger partial charge in [-0.15, -0.1) is 0 Å². The number of fused-ring (bicyclic) bond motifs is 2. The first kappa shape index (κ1) is 49.0. The summed E-state index contributed by atoms with van der Waals surface area (Å²) in [5.74, 6) is 0.283. The van der Waals surface area contributed by atoms with Crippen molar-refractivity contribution in [1.29, 1.82) is 5.26 Å². The second-order valence-electron chi connectivity index (χ2n) is 18.1. The van der Waals surface area contributed by atoms with Crippen LogP contribution in [0.25, 0.3) is 0 Å². The Morgan fingerprint density at radius 2 is 1.57 bits per heavy atom. The van der Waals surface area contributed by atoms with Crippen LogP contribution in [0, 0.1) is 11.3 Å². The molecule has 342 valence electrons. The quantitative estimate of drug-likeness (QED) is 0.0576. The Balaban J connectivity index is 1.10. The summed E-state index contributed by atoms with van der Waals surface area (Å²) in [6, 6.07) is 6.89. The first-order valence-electron chi connectivity index (χ1n) is 23.1. The Morgan fingerprint density at radius 3 is 2.18 bits per heavy atom. The number of hydrazone groups is 1. The molecule has 0 aromatic heterocycles. The number of nitriles is 1.